The molecule has 1 heterocycles. The van der Waals surface area contributed by atoms with Crippen molar-refractivity contribution in [3.05, 3.63) is 24.5 Å². The summed E-state index contributed by atoms with van der Waals surface area (Å²) in [6.45, 7) is 6.84. The molecule has 0 bridgehead atoms. The van der Waals surface area contributed by atoms with Gasteiger partial charge in [-0.3, -0.25) is 4.98 Å². The summed E-state index contributed by atoms with van der Waals surface area (Å²) in [4.78, 5) is 5.31. The minimum atomic E-state index is 0.335. The lowest BCUT2D eigenvalue weighted by molar-refractivity contribution is 0.294. The van der Waals surface area contributed by atoms with Gasteiger partial charge in [-0.2, -0.15) is 12.6 Å². The standard InChI is InChI=1S/C12H19NS2/c1-12(2,3)10(8-14)9-15-11-4-6-13-7-5-11/h4-7,10,14H,8-9H2,1-3H3. The number of aromatic nitrogens is 1. The number of rotatable bonds is 4. The van der Waals surface area contributed by atoms with E-state index in [0.29, 0.717) is 11.3 Å². The van der Waals surface area contributed by atoms with Crippen LogP contribution in [0.25, 0.3) is 0 Å². The van der Waals surface area contributed by atoms with Crippen molar-refractivity contribution >= 4 is 24.4 Å². The van der Waals surface area contributed by atoms with Crippen LogP contribution in [0.2, 0.25) is 0 Å². The number of hydrogen-bond acceptors (Lipinski definition) is 3. The molecule has 0 saturated carbocycles. The van der Waals surface area contributed by atoms with E-state index in [1.54, 1.807) is 0 Å². The third-order valence-corrected chi connectivity index (χ3v) is 4.16. The molecule has 3 heteroatoms. The van der Waals surface area contributed by atoms with Crippen LogP contribution in [0.5, 0.6) is 0 Å². The fourth-order valence-corrected chi connectivity index (χ4v) is 3.39. The lowest BCUT2D eigenvalue weighted by Gasteiger charge is -2.29. The van der Waals surface area contributed by atoms with Crippen LogP contribution in [0.4, 0.5) is 0 Å². The van der Waals surface area contributed by atoms with E-state index in [1.165, 1.54) is 4.90 Å². The van der Waals surface area contributed by atoms with Crippen molar-refractivity contribution in [1.82, 2.24) is 4.98 Å². The molecule has 1 rings (SSSR count). The third-order valence-electron chi connectivity index (χ3n) is 2.55. The molecule has 0 aromatic carbocycles. The van der Waals surface area contributed by atoms with Gasteiger partial charge in [0.25, 0.3) is 0 Å². The quantitative estimate of drug-likeness (QED) is 0.636. The molecule has 1 nitrogen and oxygen atoms in total. The second kappa shape index (κ2) is 5.80. The van der Waals surface area contributed by atoms with Gasteiger partial charge in [-0.1, -0.05) is 20.8 Å². The van der Waals surface area contributed by atoms with Gasteiger partial charge in [-0.25, -0.2) is 0 Å². The molecule has 15 heavy (non-hydrogen) atoms. The van der Waals surface area contributed by atoms with E-state index in [0.717, 1.165) is 11.5 Å². The summed E-state index contributed by atoms with van der Waals surface area (Å²) in [5.41, 5.74) is 0.335. The molecule has 0 N–H and O–H groups in total. The highest BCUT2D eigenvalue weighted by atomic mass is 32.2. The summed E-state index contributed by atoms with van der Waals surface area (Å²) in [7, 11) is 0. The first-order valence-corrected chi connectivity index (χ1v) is 6.79. The minimum absolute atomic E-state index is 0.335. The van der Waals surface area contributed by atoms with Crippen LogP contribution >= 0.6 is 24.4 Å². The lowest BCUT2D eigenvalue weighted by Crippen LogP contribution is -2.24. The van der Waals surface area contributed by atoms with Crippen LogP contribution in [-0.2, 0) is 0 Å². The number of thioether (sulfide) groups is 1. The second-order valence-corrected chi connectivity index (χ2v) is 6.20. The SMILES string of the molecule is CC(C)(C)C(CS)CSc1ccncc1. The van der Waals surface area contributed by atoms with Crippen LogP contribution in [0.15, 0.2) is 29.4 Å². The summed E-state index contributed by atoms with van der Waals surface area (Å²) in [6, 6.07) is 4.12. The van der Waals surface area contributed by atoms with E-state index in [2.05, 4.69) is 50.5 Å². The second-order valence-electron chi connectivity index (χ2n) is 4.74. The van der Waals surface area contributed by atoms with Crippen molar-refractivity contribution in [1.29, 1.82) is 0 Å². The van der Waals surface area contributed by atoms with Crippen LogP contribution in [0.1, 0.15) is 20.8 Å². The highest BCUT2D eigenvalue weighted by Crippen LogP contribution is 2.32. The van der Waals surface area contributed by atoms with Crippen molar-refractivity contribution in [3.8, 4) is 0 Å². The fourth-order valence-electron chi connectivity index (χ4n) is 1.21. The molecule has 0 saturated heterocycles. The average Bonchev–Trinajstić information content (AvgIpc) is 2.18. The smallest absolute Gasteiger partial charge is 0.0278 e. The Hall–Kier alpha value is -0.150. The highest BCUT2D eigenvalue weighted by molar-refractivity contribution is 7.99. The Balaban J connectivity index is 2.49. The summed E-state index contributed by atoms with van der Waals surface area (Å²) >= 11 is 6.32. The maximum absolute atomic E-state index is 4.43. The molecule has 84 valence electrons. The summed E-state index contributed by atoms with van der Waals surface area (Å²) in [6.07, 6.45) is 3.68. The molecule has 0 spiro atoms. The van der Waals surface area contributed by atoms with E-state index in [4.69, 9.17) is 0 Å². The Morgan fingerprint density at radius 1 is 1.33 bits per heavy atom. The maximum Gasteiger partial charge on any atom is 0.0278 e. The van der Waals surface area contributed by atoms with Crippen molar-refractivity contribution in [3.63, 3.8) is 0 Å². The average molecular weight is 241 g/mol. The Morgan fingerprint density at radius 3 is 2.40 bits per heavy atom. The summed E-state index contributed by atoms with van der Waals surface area (Å²) in [5.74, 6) is 2.71. The zero-order valence-electron chi connectivity index (χ0n) is 9.60. The van der Waals surface area contributed by atoms with Gasteiger partial charge >= 0.3 is 0 Å². The van der Waals surface area contributed by atoms with E-state index in [1.807, 2.05) is 24.2 Å². The van der Waals surface area contributed by atoms with E-state index >= 15 is 0 Å². The molecule has 1 unspecified atom stereocenters. The molecule has 0 aliphatic rings. The Kier molecular flexibility index (Phi) is 5.00. The molecular formula is C12H19NS2. The van der Waals surface area contributed by atoms with Crippen molar-refractivity contribution in [2.24, 2.45) is 11.3 Å². The fraction of sp³-hybridized carbons (Fsp3) is 0.583. The first kappa shape index (κ1) is 12.9. The van der Waals surface area contributed by atoms with Gasteiger partial charge in [0.15, 0.2) is 0 Å². The van der Waals surface area contributed by atoms with Gasteiger partial charge < -0.3 is 0 Å². The molecule has 1 atom stereocenters. The largest absolute Gasteiger partial charge is 0.265 e. The predicted molar refractivity (Wildman–Crippen MR) is 71.8 cm³/mol. The van der Waals surface area contributed by atoms with Crippen LogP contribution < -0.4 is 0 Å². The summed E-state index contributed by atoms with van der Waals surface area (Å²) < 4.78 is 0. The topological polar surface area (TPSA) is 12.9 Å². The van der Waals surface area contributed by atoms with Gasteiger partial charge in [-0.05, 0) is 29.2 Å². The molecule has 1 aromatic heterocycles. The van der Waals surface area contributed by atoms with Gasteiger partial charge in [-0.15, -0.1) is 11.8 Å². The van der Waals surface area contributed by atoms with Gasteiger partial charge in [0.1, 0.15) is 0 Å². The van der Waals surface area contributed by atoms with Gasteiger partial charge in [0.05, 0.1) is 0 Å². The molecule has 0 aliphatic heterocycles. The molecule has 0 aliphatic carbocycles. The third kappa shape index (κ3) is 4.47. The molecule has 0 amide bonds. The zero-order valence-corrected chi connectivity index (χ0v) is 11.3. The van der Waals surface area contributed by atoms with Crippen LogP contribution in [0, 0.1) is 11.3 Å². The number of thiol groups is 1. The Labute approximate surface area is 102 Å². The van der Waals surface area contributed by atoms with Crippen LogP contribution in [-0.4, -0.2) is 16.5 Å². The lowest BCUT2D eigenvalue weighted by atomic mass is 9.83. The Morgan fingerprint density at radius 2 is 1.93 bits per heavy atom. The van der Waals surface area contributed by atoms with Crippen molar-refractivity contribution in [2.45, 2.75) is 25.7 Å². The first-order chi connectivity index (χ1) is 7.04. The molecule has 0 radical (unpaired) electrons. The molecular weight excluding hydrogens is 222 g/mol. The number of pyridine rings is 1. The van der Waals surface area contributed by atoms with Crippen molar-refractivity contribution in [2.75, 3.05) is 11.5 Å². The number of hydrogen-bond donors (Lipinski definition) is 1. The van der Waals surface area contributed by atoms with Crippen LogP contribution in [0.3, 0.4) is 0 Å². The predicted octanol–water partition coefficient (Wildman–Crippen LogP) is 3.77. The highest BCUT2D eigenvalue weighted by Gasteiger charge is 2.23. The van der Waals surface area contributed by atoms with E-state index in [-0.39, 0.29) is 0 Å². The Bertz CT molecular complexity index is 279. The van der Waals surface area contributed by atoms with E-state index < -0.39 is 0 Å². The van der Waals surface area contributed by atoms with Crippen molar-refractivity contribution < 1.29 is 0 Å². The molecule has 1 aromatic rings. The van der Waals surface area contributed by atoms with Gasteiger partial charge in [0, 0.05) is 23.0 Å². The zero-order chi connectivity index (χ0) is 11.3. The maximum atomic E-state index is 4.43. The first-order valence-electron chi connectivity index (χ1n) is 5.17. The van der Waals surface area contributed by atoms with E-state index in [9.17, 15) is 0 Å². The normalized spacial score (nSPS) is 13.9. The minimum Gasteiger partial charge on any atom is -0.265 e. The summed E-state index contributed by atoms with van der Waals surface area (Å²) in [5, 5.41) is 0. The number of nitrogens with zero attached hydrogens (tertiary/aromatic N) is 1. The molecule has 0 fully saturated rings. The monoisotopic (exact) mass is 241 g/mol. The van der Waals surface area contributed by atoms with Gasteiger partial charge in [0.2, 0.25) is 0 Å².